The van der Waals surface area contributed by atoms with Gasteiger partial charge in [0.2, 0.25) is 0 Å². The topological polar surface area (TPSA) is 29.1 Å². The molecule has 0 aliphatic carbocycles. The van der Waals surface area contributed by atoms with Gasteiger partial charge in [0.25, 0.3) is 0 Å². The number of hydrogen-bond acceptors (Lipinski definition) is 3. The molecule has 3 heteroatoms. The molecule has 1 aromatic rings. The van der Waals surface area contributed by atoms with Gasteiger partial charge in [-0.2, -0.15) is 0 Å². The van der Waals surface area contributed by atoms with Crippen LogP contribution >= 0.6 is 11.9 Å². The molecule has 1 rings (SSSR count). The molecule has 0 amide bonds. The van der Waals surface area contributed by atoms with Crippen LogP contribution in [-0.2, 0) is 0 Å². The predicted molar refractivity (Wildman–Crippen MR) is 53.7 cm³/mol. The molecule has 0 bridgehead atoms. The fraction of sp³-hybridized carbons (Fsp3) is 0.222. The summed E-state index contributed by atoms with van der Waals surface area (Å²) in [5, 5.41) is 0. The number of nitrogens with one attached hydrogen (secondary N) is 1. The first-order valence-electron chi connectivity index (χ1n) is 3.62. The van der Waals surface area contributed by atoms with Crippen LogP contribution in [0, 0.1) is 6.92 Å². The van der Waals surface area contributed by atoms with Crippen molar-refractivity contribution in [1.29, 1.82) is 0 Å². The Kier molecular flexibility index (Phi) is 3.17. The molecule has 0 saturated heterocycles. The third-order valence-electron chi connectivity index (χ3n) is 1.55. The van der Waals surface area contributed by atoms with E-state index in [1.54, 1.807) is 0 Å². The Morgan fingerprint density at radius 3 is 2.83 bits per heavy atom. The van der Waals surface area contributed by atoms with Gasteiger partial charge in [0.15, 0.2) is 6.29 Å². The molecule has 0 unspecified atom stereocenters. The summed E-state index contributed by atoms with van der Waals surface area (Å²) in [6.07, 6.45) is 2.79. The summed E-state index contributed by atoms with van der Waals surface area (Å²) in [4.78, 5) is 10.6. The van der Waals surface area contributed by atoms with E-state index >= 15 is 0 Å². The Balaban J connectivity index is 3.02. The molecule has 0 aromatic heterocycles. The summed E-state index contributed by atoms with van der Waals surface area (Å²) in [5.74, 6) is 0. The second-order valence-electron chi connectivity index (χ2n) is 2.51. The van der Waals surface area contributed by atoms with E-state index < -0.39 is 0 Å². The zero-order valence-electron chi connectivity index (χ0n) is 7.13. The lowest BCUT2D eigenvalue weighted by Gasteiger charge is -2.05. The minimum absolute atomic E-state index is 0.712. The van der Waals surface area contributed by atoms with Crippen molar-refractivity contribution in [3.05, 3.63) is 29.3 Å². The summed E-state index contributed by atoms with van der Waals surface area (Å²) >= 11 is 1.48. The van der Waals surface area contributed by atoms with Crippen molar-refractivity contribution >= 4 is 23.9 Å². The van der Waals surface area contributed by atoms with Crippen LogP contribution in [-0.4, -0.2) is 12.5 Å². The van der Waals surface area contributed by atoms with Crippen molar-refractivity contribution in [2.75, 3.05) is 11.0 Å². The Hall–Kier alpha value is -0.960. The molecule has 0 heterocycles. The lowest BCUT2D eigenvalue weighted by Crippen LogP contribution is -1.92. The van der Waals surface area contributed by atoms with E-state index in [0.717, 1.165) is 17.5 Å². The first kappa shape index (κ1) is 9.13. The van der Waals surface area contributed by atoms with Crippen LogP contribution in [0.15, 0.2) is 18.2 Å². The molecule has 12 heavy (non-hydrogen) atoms. The summed E-state index contributed by atoms with van der Waals surface area (Å²) in [6.45, 7) is 1.97. The van der Waals surface area contributed by atoms with Crippen LogP contribution < -0.4 is 4.72 Å². The molecule has 64 valence electrons. The maximum Gasteiger partial charge on any atom is 0.152 e. The average molecular weight is 181 g/mol. The summed E-state index contributed by atoms with van der Waals surface area (Å²) in [7, 11) is 0. The SMILES string of the molecule is CSNc1ccc(C)cc1C=O. The molecule has 1 N–H and O–H groups in total. The number of aryl methyl sites for hydroxylation is 1. The first-order valence-corrected chi connectivity index (χ1v) is 4.85. The molecule has 0 radical (unpaired) electrons. The van der Waals surface area contributed by atoms with Gasteiger partial charge in [-0.25, -0.2) is 0 Å². The van der Waals surface area contributed by atoms with E-state index in [2.05, 4.69) is 4.72 Å². The molecule has 1 aromatic carbocycles. The fourth-order valence-corrected chi connectivity index (χ4v) is 1.39. The van der Waals surface area contributed by atoms with E-state index in [-0.39, 0.29) is 0 Å². The van der Waals surface area contributed by atoms with Gasteiger partial charge in [0.1, 0.15) is 0 Å². The largest absolute Gasteiger partial charge is 0.329 e. The zero-order chi connectivity index (χ0) is 8.97. The number of benzene rings is 1. The number of aldehydes is 1. The number of hydrogen-bond donors (Lipinski definition) is 1. The molecule has 0 aliphatic heterocycles. The van der Waals surface area contributed by atoms with Crippen molar-refractivity contribution < 1.29 is 4.79 Å². The van der Waals surface area contributed by atoms with Gasteiger partial charge in [-0.1, -0.05) is 23.6 Å². The Morgan fingerprint density at radius 2 is 2.25 bits per heavy atom. The van der Waals surface area contributed by atoms with Gasteiger partial charge < -0.3 is 4.72 Å². The van der Waals surface area contributed by atoms with Gasteiger partial charge >= 0.3 is 0 Å². The van der Waals surface area contributed by atoms with E-state index in [4.69, 9.17) is 0 Å². The minimum Gasteiger partial charge on any atom is -0.329 e. The van der Waals surface area contributed by atoms with E-state index in [0.29, 0.717) is 5.56 Å². The van der Waals surface area contributed by atoms with E-state index in [1.807, 2.05) is 31.4 Å². The third kappa shape index (κ3) is 2.01. The normalized spacial score (nSPS) is 9.50. The second kappa shape index (κ2) is 4.16. The molecular formula is C9H11NOS. The lowest BCUT2D eigenvalue weighted by molar-refractivity contribution is 0.112. The highest BCUT2D eigenvalue weighted by atomic mass is 32.2. The van der Waals surface area contributed by atoms with Crippen LogP contribution in [0.4, 0.5) is 5.69 Å². The molecule has 2 nitrogen and oxygen atoms in total. The maximum atomic E-state index is 10.6. The molecular weight excluding hydrogens is 170 g/mol. The highest BCUT2D eigenvalue weighted by Gasteiger charge is 1.99. The maximum absolute atomic E-state index is 10.6. The first-order chi connectivity index (χ1) is 5.77. The standard InChI is InChI=1S/C9H11NOS/c1-7-3-4-9(10-12-2)8(5-7)6-11/h3-6,10H,1-2H3. The molecule has 0 saturated carbocycles. The average Bonchev–Trinajstić information content (AvgIpc) is 2.08. The quantitative estimate of drug-likeness (QED) is 0.574. The predicted octanol–water partition coefficient (Wildman–Crippen LogP) is 2.50. The molecule has 0 fully saturated rings. The van der Waals surface area contributed by atoms with Gasteiger partial charge in [0, 0.05) is 11.8 Å². The van der Waals surface area contributed by atoms with Crippen molar-refractivity contribution in [2.24, 2.45) is 0 Å². The Morgan fingerprint density at radius 1 is 1.50 bits per heavy atom. The van der Waals surface area contributed by atoms with Crippen molar-refractivity contribution in [3.63, 3.8) is 0 Å². The van der Waals surface area contributed by atoms with Crippen LogP contribution in [0.5, 0.6) is 0 Å². The van der Waals surface area contributed by atoms with Gasteiger partial charge in [-0.15, -0.1) is 0 Å². The smallest absolute Gasteiger partial charge is 0.152 e. The second-order valence-corrected chi connectivity index (χ2v) is 3.13. The number of rotatable bonds is 3. The summed E-state index contributed by atoms with van der Waals surface area (Å²) in [5.41, 5.74) is 2.69. The molecule has 0 atom stereocenters. The van der Waals surface area contributed by atoms with Gasteiger partial charge in [0.05, 0.1) is 5.69 Å². The number of carbonyl (C=O) groups is 1. The van der Waals surface area contributed by atoms with Crippen molar-refractivity contribution in [3.8, 4) is 0 Å². The molecule has 0 aliphatic rings. The minimum atomic E-state index is 0.712. The Labute approximate surface area is 76.5 Å². The Bertz CT molecular complexity index is 286. The summed E-state index contributed by atoms with van der Waals surface area (Å²) < 4.78 is 3.04. The van der Waals surface area contributed by atoms with Crippen LogP contribution in [0.2, 0.25) is 0 Å². The third-order valence-corrected chi connectivity index (χ3v) is 1.97. The van der Waals surface area contributed by atoms with E-state index in [9.17, 15) is 4.79 Å². The van der Waals surface area contributed by atoms with Crippen molar-refractivity contribution in [2.45, 2.75) is 6.92 Å². The highest BCUT2D eigenvalue weighted by Crippen LogP contribution is 2.17. The van der Waals surface area contributed by atoms with Crippen LogP contribution in [0.1, 0.15) is 15.9 Å². The molecule has 0 spiro atoms. The highest BCUT2D eigenvalue weighted by molar-refractivity contribution is 7.99. The zero-order valence-corrected chi connectivity index (χ0v) is 7.94. The monoisotopic (exact) mass is 181 g/mol. The number of anilines is 1. The van der Waals surface area contributed by atoms with Gasteiger partial charge in [-0.3, -0.25) is 4.79 Å². The lowest BCUT2D eigenvalue weighted by atomic mass is 10.1. The number of carbonyl (C=O) groups excluding carboxylic acids is 1. The van der Waals surface area contributed by atoms with E-state index in [1.165, 1.54) is 11.9 Å². The van der Waals surface area contributed by atoms with Crippen LogP contribution in [0.25, 0.3) is 0 Å². The summed E-state index contributed by atoms with van der Waals surface area (Å²) in [6, 6.07) is 5.76. The fourth-order valence-electron chi connectivity index (χ4n) is 0.983. The van der Waals surface area contributed by atoms with Crippen molar-refractivity contribution in [1.82, 2.24) is 0 Å². The van der Waals surface area contributed by atoms with Gasteiger partial charge in [-0.05, 0) is 19.1 Å². The van der Waals surface area contributed by atoms with Crippen LogP contribution in [0.3, 0.4) is 0 Å².